The number of nitrogens with one attached hydrogen (secondary N) is 1. The quantitative estimate of drug-likeness (QED) is 0.898. The van der Waals surface area contributed by atoms with Gasteiger partial charge in [-0.15, -0.1) is 0 Å². The smallest absolute Gasteiger partial charge is 0.244 e. The average Bonchev–Trinajstić information content (AvgIpc) is 2.22. The largest absolute Gasteiger partial charge is 0.323 e. The lowest BCUT2D eigenvalue weighted by Gasteiger charge is -2.23. The van der Waals surface area contributed by atoms with E-state index in [1.807, 2.05) is 6.92 Å². The fourth-order valence-corrected chi connectivity index (χ4v) is 1.94. The van der Waals surface area contributed by atoms with Gasteiger partial charge >= 0.3 is 0 Å². The molecule has 0 aromatic heterocycles. The van der Waals surface area contributed by atoms with Crippen LogP contribution in [0.2, 0.25) is 0 Å². The molecule has 17 heavy (non-hydrogen) atoms. The first-order chi connectivity index (χ1) is 7.86. The van der Waals surface area contributed by atoms with E-state index >= 15 is 0 Å². The van der Waals surface area contributed by atoms with Crippen LogP contribution in [-0.2, 0) is 4.79 Å². The zero-order valence-electron chi connectivity index (χ0n) is 9.89. The number of rotatable bonds is 4. The fraction of sp³-hybridized carbons (Fsp3) is 0.417. The van der Waals surface area contributed by atoms with Crippen molar-refractivity contribution < 1.29 is 9.18 Å². The van der Waals surface area contributed by atoms with Crippen molar-refractivity contribution in [1.82, 2.24) is 0 Å². The summed E-state index contributed by atoms with van der Waals surface area (Å²) in [5.74, 6) is -0.634. The summed E-state index contributed by atoms with van der Waals surface area (Å²) in [6.45, 7) is 3.65. The number of carbonyl (C=O) groups is 1. The molecule has 0 bridgehead atoms. The number of halogens is 2. The van der Waals surface area contributed by atoms with Crippen molar-refractivity contribution in [2.24, 2.45) is 5.73 Å². The molecule has 3 nitrogen and oxygen atoms in total. The summed E-state index contributed by atoms with van der Waals surface area (Å²) in [5, 5.41) is 2.69. The van der Waals surface area contributed by atoms with Gasteiger partial charge in [-0.3, -0.25) is 4.79 Å². The maximum Gasteiger partial charge on any atom is 0.244 e. The van der Waals surface area contributed by atoms with Crippen LogP contribution >= 0.6 is 15.9 Å². The van der Waals surface area contributed by atoms with Crippen molar-refractivity contribution in [3.63, 3.8) is 0 Å². The molecule has 0 aliphatic rings. The number of carbonyl (C=O) groups excluding carboxylic acids is 1. The Labute approximate surface area is 109 Å². The van der Waals surface area contributed by atoms with Crippen LogP contribution in [0.15, 0.2) is 22.7 Å². The summed E-state index contributed by atoms with van der Waals surface area (Å²) in [5.41, 5.74) is 5.50. The second kappa shape index (κ2) is 5.60. The molecular weight excluding hydrogens is 287 g/mol. The van der Waals surface area contributed by atoms with Crippen molar-refractivity contribution in [2.75, 3.05) is 5.32 Å². The van der Waals surface area contributed by atoms with Gasteiger partial charge in [-0.2, -0.15) is 0 Å². The molecule has 1 aromatic rings. The van der Waals surface area contributed by atoms with Gasteiger partial charge in [0.2, 0.25) is 5.91 Å². The third-order valence-electron chi connectivity index (χ3n) is 2.47. The van der Waals surface area contributed by atoms with Gasteiger partial charge in [0.05, 0.1) is 11.2 Å². The monoisotopic (exact) mass is 302 g/mol. The molecule has 1 amide bonds. The molecule has 0 fully saturated rings. The molecule has 3 N–H and O–H groups in total. The Morgan fingerprint density at radius 3 is 2.76 bits per heavy atom. The molecule has 1 atom stereocenters. The predicted octanol–water partition coefficient (Wildman–Crippen LogP) is 3.04. The minimum atomic E-state index is -0.914. The summed E-state index contributed by atoms with van der Waals surface area (Å²) in [6.07, 6.45) is 1.42. The van der Waals surface area contributed by atoms with Gasteiger partial charge in [0.25, 0.3) is 0 Å². The van der Waals surface area contributed by atoms with E-state index < -0.39 is 5.54 Å². The second-order valence-corrected chi connectivity index (χ2v) is 5.10. The van der Waals surface area contributed by atoms with Crippen LogP contribution in [0.1, 0.15) is 26.7 Å². The van der Waals surface area contributed by atoms with Gasteiger partial charge < -0.3 is 11.1 Å². The summed E-state index contributed by atoms with van der Waals surface area (Å²) in [4.78, 5) is 11.9. The highest BCUT2D eigenvalue weighted by molar-refractivity contribution is 9.10. The maximum atomic E-state index is 12.9. The molecule has 0 saturated heterocycles. The summed E-state index contributed by atoms with van der Waals surface area (Å²) in [6, 6.07) is 4.08. The minimum Gasteiger partial charge on any atom is -0.323 e. The SMILES string of the molecule is CCCC(C)(N)C(=O)Nc1ccc(F)cc1Br. The maximum absolute atomic E-state index is 12.9. The number of hydrogen-bond donors (Lipinski definition) is 2. The van der Waals surface area contributed by atoms with E-state index in [1.165, 1.54) is 18.2 Å². The fourth-order valence-electron chi connectivity index (χ4n) is 1.49. The molecule has 0 aliphatic carbocycles. The molecule has 0 aliphatic heterocycles. The molecule has 1 unspecified atom stereocenters. The third-order valence-corrected chi connectivity index (χ3v) is 3.12. The first kappa shape index (κ1) is 14.1. The van der Waals surface area contributed by atoms with Crippen LogP contribution in [0.3, 0.4) is 0 Å². The molecule has 0 spiro atoms. The van der Waals surface area contributed by atoms with Crippen LogP contribution in [0.25, 0.3) is 0 Å². The molecule has 94 valence electrons. The number of nitrogens with two attached hydrogens (primary N) is 1. The molecule has 0 heterocycles. The Balaban J connectivity index is 2.81. The predicted molar refractivity (Wildman–Crippen MR) is 70.2 cm³/mol. The Hall–Kier alpha value is -0.940. The summed E-state index contributed by atoms with van der Waals surface area (Å²) >= 11 is 3.19. The van der Waals surface area contributed by atoms with Crippen LogP contribution in [-0.4, -0.2) is 11.4 Å². The lowest BCUT2D eigenvalue weighted by Crippen LogP contribution is -2.48. The van der Waals surface area contributed by atoms with E-state index in [0.29, 0.717) is 16.6 Å². The third kappa shape index (κ3) is 3.78. The van der Waals surface area contributed by atoms with Crippen molar-refractivity contribution in [1.29, 1.82) is 0 Å². The Morgan fingerprint density at radius 2 is 2.24 bits per heavy atom. The highest BCUT2D eigenvalue weighted by Gasteiger charge is 2.27. The van der Waals surface area contributed by atoms with E-state index in [1.54, 1.807) is 6.92 Å². The number of amides is 1. The topological polar surface area (TPSA) is 55.1 Å². The van der Waals surface area contributed by atoms with Gasteiger partial charge in [-0.25, -0.2) is 4.39 Å². The standard InChI is InChI=1S/C12H16BrFN2O/c1-3-6-12(2,15)11(17)16-10-5-4-8(14)7-9(10)13/h4-5,7H,3,6,15H2,1-2H3,(H,16,17). The minimum absolute atomic E-state index is 0.272. The van der Waals surface area contributed by atoms with Gasteiger partial charge in [-0.05, 0) is 47.5 Å². The van der Waals surface area contributed by atoms with Gasteiger partial charge in [-0.1, -0.05) is 13.3 Å². The number of hydrogen-bond acceptors (Lipinski definition) is 2. The number of anilines is 1. The summed E-state index contributed by atoms with van der Waals surface area (Å²) < 4.78 is 13.4. The first-order valence-corrected chi connectivity index (χ1v) is 6.21. The zero-order chi connectivity index (χ0) is 13.1. The lowest BCUT2D eigenvalue weighted by atomic mass is 9.96. The van der Waals surface area contributed by atoms with Crippen molar-refractivity contribution in [3.8, 4) is 0 Å². The zero-order valence-corrected chi connectivity index (χ0v) is 11.5. The van der Waals surface area contributed by atoms with E-state index in [2.05, 4.69) is 21.2 Å². The van der Waals surface area contributed by atoms with E-state index in [-0.39, 0.29) is 11.7 Å². The molecule has 5 heteroatoms. The van der Waals surface area contributed by atoms with E-state index in [0.717, 1.165) is 6.42 Å². The molecule has 1 aromatic carbocycles. The van der Waals surface area contributed by atoms with Crippen molar-refractivity contribution in [3.05, 3.63) is 28.5 Å². The highest BCUT2D eigenvalue weighted by atomic mass is 79.9. The molecular formula is C12H16BrFN2O. The molecule has 0 saturated carbocycles. The van der Waals surface area contributed by atoms with E-state index in [4.69, 9.17) is 5.73 Å². The van der Waals surface area contributed by atoms with Crippen LogP contribution in [0.5, 0.6) is 0 Å². The van der Waals surface area contributed by atoms with Crippen LogP contribution < -0.4 is 11.1 Å². The summed E-state index contributed by atoms with van der Waals surface area (Å²) in [7, 11) is 0. The van der Waals surface area contributed by atoms with Crippen molar-refractivity contribution in [2.45, 2.75) is 32.2 Å². The Morgan fingerprint density at radius 1 is 1.59 bits per heavy atom. The van der Waals surface area contributed by atoms with Crippen LogP contribution in [0.4, 0.5) is 10.1 Å². The van der Waals surface area contributed by atoms with Crippen LogP contribution in [0, 0.1) is 5.82 Å². The van der Waals surface area contributed by atoms with Crippen molar-refractivity contribution >= 4 is 27.5 Å². The first-order valence-electron chi connectivity index (χ1n) is 5.42. The van der Waals surface area contributed by atoms with Gasteiger partial charge in [0.1, 0.15) is 5.82 Å². The molecule has 1 rings (SSSR count). The van der Waals surface area contributed by atoms with Gasteiger partial charge in [0.15, 0.2) is 0 Å². The molecule has 0 radical (unpaired) electrons. The Bertz CT molecular complexity index is 421. The van der Waals surface area contributed by atoms with Gasteiger partial charge in [0, 0.05) is 4.47 Å². The normalized spacial score (nSPS) is 14.2. The second-order valence-electron chi connectivity index (χ2n) is 4.25. The lowest BCUT2D eigenvalue weighted by molar-refractivity contribution is -0.120. The highest BCUT2D eigenvalue weighted by Crippen LogP contribution is 2.24. The van der Waals surface area contributed by atoms with E-state index in [9.17, 15) is 9.18 Å². The number of benzene rings is 1. The Kier molecular flexibility index (Phi) is 4.65. The average molecular weight is 303 g/mol.